The Morgan fingerprint density at radius 1 is 0.282 bits per heavy atom. The van der Waals surface area contributed by atoms with Crippen LogP contribution in [0.1, 0.15) is 316 Å². The molecule has 1 atom stereocenters. The summed E-state index contributed by atoms with van der Waals surface area (Å²) < 4.78 is 16.9. The molecule has 0 fully saturated rings. The Labute approximate surface area is 440 Å². The Hall–Kier alpha value is -2.89. The van der Waals surface area contributed by atoms with Crippen molar-refractivity contribution in [1.29, 1.82) is 0 Å². The number of carbonyl (C=O) groups is 3. The van der Waals surface area contributed by atoms with Crippen LogP contribution in [0.4, 0.5) is 0 Å². The largest absolute Gasteiger partial charge is 0.462 e. The molecular formula is C65H116O6. The molecule has 6 heteroatoms. The second-order valence-electron chi connectivity index (χ2n) is 20.6. The molecule has 0 saturated heterocycles. The van der Waals surface area contributed by atoms with Crippen molar-refractivity contribution in [3.05, 3.63) is 60.8 Å². The van der Waals surface area contributed by atoms with Crippen molar-refractivity contribution in [3.8, 4) is 0 Å². The van der Waals surface area contributed by atoms with Crippen LogP contribution in [0.15, 0.2) is 60.8 Å². The zero-order chi connectivity index (χ0) is 51.4. The van der Waals surface area contributed by atoms with E-state index in [-0.39, 0.29) is 37.5 Å². The summed E-state index contributed by atoms with van der Waals surface area (Å²) in [5.41, 5.74) is 0. The van der Waals surface area contributed by atoms with Crippen LogP contribution < -0.4 is 0 Å². The van der Waals surface area contributed by atoms with E-state index in [2.05, 4.69) is 81.5 Å². The van der Waals surface area contributed by atoms with Crippen LogP contribution in [0.5, 0.6) is 0 Å². The highest BCUT2D eigenvalue weighted by atomic mass is 16.6. The first kappa shape index (κ1) is 68.1. The first-order valence-corrected chi connectivity index (χ1v) is 30.8. The average Bonchev–Trinajstić information content (AvgIpc) is 3.37. The molecule has 0 aliphatic heterocycles. The number of hydrogen-bond acceptors (Lipinski definition) is 6. The number of carbonyl (C=O) groups excluding carboxylic acids is 3. The third-order valence-corrected chi connectivity index (χ3v) is 13.5. The number of hydrogen-bond donors (Lipinski definition) is 0. The van der Waals surface area contributed by atoms with Crippen LogP contribution in [0.3, 0.4) is 0 Å². The molecular weight excluding hydrogens is 877 g/mol. The molecule has 0 aromatic heterocycles. The van der Waals surface area contributed by atoms with Crippen molar-refractivity contribution in [3.63, 3.8) is 0 Å². The molecule has 0 aliphatic carbocycles. The quantitative estimate of drug-likeness (QED) is 0.0261. The van der Waals surface area contributed by atoms with E-state index in [0.717, 1.165) is 64.2 Å². The zero-order valence-electron chi connectivity index (χ0n) is 47.2. The highest BCUT2D eigenvalue weighted by Gasteiger charge is 2.19. The Kier molecular flexibility index (Phi) is 57.2. The molecule has 0 N–H and O–H groups in total. The highest BCUT2D eigenvalue weighted by Crippen LogP contribution is 2.16. The summed E-state index contributed by atoms with van der Waals surface area (Å²) in [4.78, 5) is 38.2. The number of ether oxygens (including phenoxy) is 3. The minimum atomic E-state index is -0.802. The first-order valence-electron chi connectivity index (χ1n) is 30.8. The first-order chi connectivity index (χ1) is 35.0. The van der Waals surface area contributed by atoms with E-state index in [1.807, 2.05) is 0 Å². The minimum absolute atomic E-state index is 0.0933. The lowest BCUT2D eigenvalue weighted by Gasteiger charge is -2.18. The van der Waals surface area contributed by atoms with Gasteiger partial charge in [-0.25, -0.2) is 0 Å². The third-order valence-electron chi connectivity index (χ3n) is 13.5. The van der Waals surface area contributed by atoms with E-state index >= 15 is 0 Å². The summed E-state index contributed by atoms with van der Waals surface area (Å²) >= 11 is 0. The number of unbranched alkanes of at least 4 members (excludes halogenated alkanes) is 35. The maximum absolute atomic E-state index is 12.9. The summed E-state index contributed by atoms with van der Waals surface area (Å²) in [6.07, 6.45) is 75.1. The lowest BCUT2D eigenvalue weighted by atomic mass is 10.0. The predicted molar refractivity (Wildman–Crippen MR) is 307 cm³/mol. The van der Waals surface area contributed by atoms with Crippen LogP contribution in [-0.4, -0.2) is 37.2 Å². The summed E-state index contributed by atoms with van der Waals surface area (Å²) in [5.74, 6) is -0.936. The summed E-state index contributed by atoms with van der Waals surface area (Å²) in [6, 6.07) is 0. The maximum Gasteiger partial charge on any atom is 0.306 e. The van der Waals surface area contributed by atoms with Crippen LogP contribution in [0.25, 0.3) is 0 Å². The molecule has 0 unspecified atom stereocenters. The lowest BCUT2D eigenvalue weighted by Crippen LogP contribution is -2.30. The molecule has 0 bridgehead atoms. The smallest absolute Gasteiger partial charge is 0.306 e. The van der Waals surface area contributed by atoms with Crippen molar-refractivity contribution in [2.75, 3.05) is 13.2 Å². The van der Waals surface area contributed by atoms with Gasteiger partial charge in [0.2, 0.25) is 0 Å². The standard InChI is InChI=1S/C65H116O6/c1-4-7-10-13-16-19-22-25-28-31-32-35-37-40-43-46-49-52-55-58-64(67)70-61-62(71-65(68)59-56-53-50-47-44-41-38-34-30-27-24-21-18-15-12-9-6-3)60-69-63(66)57-54-51-48-45-42-39-36-33-29-26-23-20-17-14-11-8-5-2/h18,21,25,27-28,30,38,41,47,50,62H,4-17,19-20,22-24,26,29,31-37,39-40,42-46,48-49,51-61H2,1-3H3/b21-18-,28-25-,30-27-,41-38-,50-47-/t62-/m1/s1. The molecule has 0 saturated carbocycles. The second-order valence-corrected chi connectivity index (χ2v) is 20.6. The van der Waals surface area contributed by atoms with E-state index < -0.39 is 6.10 Å². The fraction of sp³-hybridized carbons (Fsp3) is 0.800. The lowest BCUT2D eigenvalue weighted by molar-refractivity contribution is -0.167. The van der Waals surface area contributed by atoms with E-state index in [0.29, 0.717) is 19.3 Å². The molecule has 0 aliphatic rings. The SMILES string of the molecule is CCCCC/C=C\C/C=C\C/C=C\C/C=C\CCCC(=O)O[C@@H](COC(=O)CCCCCCCCCCC/C=C\CCCCCCCC)COC(=O)CCCCCCCCCCCCCCCCCCC. The van der Waals surface area contributed by atoms with Crippen LogP contribution >= 0.6 is 0 Å². The number of allylic oxidation sites excluding steroid dienone is 10. The fourth-order valence-corrected chi connectivity index (χ4v) is 8.84. The molecule has 0 amide bonds. The van der Waals surface area contributed by atoms with E-state index in [1.165, 1.54) is 205 Å². The Bertz CT molecular complexity index is 1280. The molecule has 0 aromatic rings. The van der Waals surface area contributed by atoms with Gasteiger partial charge in [-0.1, -0.05) is 274 Å². The second kappa shape index (κ2) is 59.7. The van der Waals surface area contributed by atoms with Gasteiger partial charge in [0, 0.05) is 19.3 Å². The van der Waals surface area contributed by atoms with E-state index in [9.17, 15) is 14.4 Å². The van der Waals surface area contributed by atoms with Gasteiger partial charge in [0.05, 0.1) is 0 Å². The number of rotatable bonds is 56. The normalized spacial score (nSPS) is 12.4. The van der Waals surface area contributed by atoms with Gasteiger partial charge in [0.25, 0.3) is 0 Å². The van der Waals surface area contributed by atoms with Crippen molar-refractivity contribution in [2.45, 2.75) is 322 Å². The van der Waals surface area contributed by atoms with Crippen molar-refractivity contribution in [2.24, 2.45) is 0 Å². The van der Waals surface area contributed by atoms with Crippen LogP contribution in [-0.2, 0) is 28.6 Å². The van der Waals surface area contributed by atoms with Gasteiger partial charge in [0.1, 0.15) is 13.2 Å². The summed E-state index contributed by atoms with van der Waals surface area (Å²) in [7, 11) is 0. The number of esters is 3. The monoisotopic (exact) mass is 993 g/mol. The zero-order valence-corrected chi connectivity index (χ0v) is 47.2. The topological polar surface area (TPSA) is 78.9 Å². The summed E-state index contributed by atoms with van der Waals surface area (Å²) in [5, 5.41) is 0. The Morgan fingerprint density at radius 2 is 0.521 bits per heavy atom. The molecule has 0 rings (SSSR count). The molecule has 71 heavy (non-hydrogen) atoms. The Morgan fingerprint density at radius 3 is 0.873 bits per heavy atom. The van der Waals surface area contributed by atoms with Crippen molar-refractivity contribution >= 4 is 17.9 Å². The minimum Gasteiger partial charge on any atom is -0.462 e. The molecule has 0 aromatic carbocycles. The van der Waals surface area contributed by atoms with E-state index in [1.54, 1.807) is 0 Å². The summed E-state index contributed by atoms with van der Waals surface area (Å²) in [6.45, 7) is 6.60. The van der Waals surface area contributed by atoms with Crippen LogP contribution in [0.2, 0.25) is 0 Å². The Balaban J connectivity index is 4.42. The van der Waals surface area contributed by atoms with Gasteiger partial charge in [-0.15, -0.1) is 0 Å². The van der Waals surface area contributed by atoms with Crippen LogP contribution in [0, 0.1) is 0 Å². The average molecular weight is 994 g/mol. The van der Waals surface area contributed by atoms with Gasteiger partial charge >= 0.3 is 17.9 Å². The maximum atomic E-state index is 12.9. The molecule has 0 radical (unpaired) electrons. The van der Waals surface area contributed by atoms with Gasteiger partial charge in [0.15, 0.2) is 6.10 Å². The molecule has 6 nitrogen and oxygen atoms in total. The van der Waals surface area contributed by atoms with Gasteiger partial charge < -0.3 is 14.2 Å². The predicted octanol–water partition coefficient (Wildman–Crippen LogP) is 20.8. The van der Waals surface area contributed by atoms with Crippen molar-refractivity contribution in [1.82, 2.24) is 0 Å². The van der Waals surface area contributed by atoms with E-state index in [4.69, 9.17) is 14.2 Å². The van der Waals surface area contributed by atoms with Gasteiger partial charge in [-0.05, 0) is 83.5 Å². The third kappa shape index (κ3) is 57.9. The van der Waals surface area contributed by atoms with Gasteiger partial charge in [-0.3, -0.25) is 14.4 Å². The highest BCUT2D eigenvalue weighted by molar-refractivity contribution is 5.71. The fourth-order valence-electron chi connectivity index (χ4n) is 8.84. The molecule has 0 heterocycles. The van der Waals surface area contributed by atoms with Gasteiger partial charge in [-0.2, -0.15) is 0 Å². The molecule has 412 valence electrons. The molecule has 0 spiro atoms. The van der Waals surface area contributed by atoms with Crippen molar-refractivity contribution < 1.29 is 28.6 Å².